The molecule has 0 aromatic heterocycles. The molecule has 0 aliphatic rings. The predicted octanol–water partition coefficient (Wildman–Crippen LogP) is 5.44. The number of esters is 2. The highest BCUT2D eigenvalue weighted by molar-refractivity contribution is 5.76. The van der Waals surface area contributed by atoms with E-state index in [9.17, 15) is 35.9 Å². The van der Waals surface area contributed by atoms with Crippen molar-refractivity contribution in [3.8, 4) is 0 Å². The van der Waals surface area contributed by atoms with Crippen molar-refractivity contribution in [1.29, 1.82) is 0 Å². The molecule has 10 heteroatoms. The van der Waals surface area contributed by atoms with Gasteiger partial charge in [-0.3, -0.25) is 9.59 Å². The quantitative estimate of drug-likeness (QED) is 0.432. The molecule has 0 radical (unpaired) electrons. The molecule has 0 spiro atoms. The Morgan fingerprint density at radius 1 is 0.815 bits per heavy atom. The molecule has 27 heavy (non-hydrogen) atoms. The molecule has 0 bridgehead atoms. The fourth-order valence-corrected chi connectivity index (χ4v) is 1.06. The number of carbonyl (C=O) groups is 2. The van der Waals surface area contributed by atoms with Gasteiger partial charge in [0.1, 0.15) is 0 Å². The predicted molar refractivity (Wildman–Crippen MR) is 86.7 cm³/mol. The second kappa shape index (κ2) is 10.8. The van der Waals surface area contributed by atoms with E-state index in [2.05, 4.69) is 9.47 Å². The van der Waals surface area contributed by atoms with Crippen LogP contribution < -0.4 is 0 Å². The Bertz CT molecular complexity index is 471. The zero-order chi connectivity index (χ0) is 22.2. The van der Waals surface area contributed by atoms with E-state index < -0.39 is 47.8 Å². The van der Waals surface area contributed by atoms with Crippen LogP contribution >= 0.6 is 0 Å². The van der Waals surface area contributed by atoms with Crippen molar-refractivity contribution in [2.75, 3.05) is 0 Å². The first-order valence-electron chi connectivity index (χ1n) is 8.45. The molecule has 162 valence electrons. The van der Waals surface area contributed by atoms with Crippen molar-refractivity contribution in [3.05, 3.63) is 0 Å². The lowest BCUT2D eigenvalue weighted by atomic mass is 9.90. The summed E-state index contributed by atoms with van der Waals surface area (Å²) in [6.07, 6.45) is -12.1. The van der Waals surface area contributed by atoms with Gasteiger partial charge in [0.25, 0.3) is 0 Å². The van der Waals surface area contributed by atoms with Crippen molar-refractivity contribution in [3.63, 3.8) is 0 Å². The average Bonchev–Trinajstić information content (AvgIpc) is 2.52. The Morgan fingerprint density at radius 2 is 1.19 bits per heavy atom. The van der Waals surface area contributed by atoms with Crippen molar-refractivity contribution >= 4 is 11.9 Å². The van der Waals surface area contributed by atoms with Crippen LogP contribution in [0.5, 0.6) is 0 Å². The molecule has 3 unspecified atom stereocenters. The van der Waals surface area contributed by atoms with Crippen molar-refractivity contribution in [2.45, 2.75) is 85.9 Å². The van der Waals surface area contributed by atoms with Gasteiger partial charge < -0.3 is 9.47 Å². The minimum absolute atomic E-state index is 0.441. The Hall–Kier alpha value is -1.48. The molecule has 0 amide bonds. The Balaban J connectivity index is 0. The smallest absolute Gasteiger partial charge is 0.425 e. The highest BCUT2D eigenvalue weighted by Crippen LogP contribution is 2.27. The molecule has 0 rings (SSSR count). The van der Waals surface area contributed by atoms with Crippen LogP contribution in [0.3, 0.4) is 0 Å². The number of hydrogen-bond donors (Lipinski definition) is 0. The zero-order valence-electron chi connectivity index (χ0n) is 16.5. The van der Waals surface area contributed by atoms with Crippen LogP contribution in [0.25, 0.3) is 0 Å². The third-order valence-electron chi connectivity index (χ3n) is 3.95. The van der Waals surface area contributed by atoms with Gasteiger partial charge in [0.15, 0.2) is 12.2 Å². The topological polar surface area (TPSA) is 52.6 Å². The first-order valence-corrected chi connectivity index (χ1v) is 8.45. The van der Waals surface area contributed by atoms with Gasteiger partial charge >= 0.3 is 24.3 Å². The monoisotopic (exact) mass is 410 g/mol. The molecular formula is C17H28F6O4. The van der Waals surface area contributed by atoms with Crippen molar-refractivity contribution in [1.82, 2.24) is 0 Å². The maximum Gasteiger partial charge on any atom is 0.425 e. The summed E-state index contributed by atoms with van der Waals surface area (Å²) >= 11 is 0. The van der Waals surface area contributed by atoms with E-state index in [0.717, 1.165) is 13.8 Å². The molecule has 0 N–H and O–H groups in total. The molecule has 0 saturated carbocycles. The van der Waals surface area contributed by atoms with Gasteiger partial charge in [-0.05, 0) is 40.5 Å². The fourth-order valence-electron chi connectivity index (χ4n) is 1.06. The lowest BCUT2D eigenvalue weighted by Gasteiger charge is -2.24. The molecule has 3 atom stereocenters. The average molecular weight is 410 g/mol. The van der Waals surface area contributed by atoms with Crippen LogP contribution in [0.4, 0.5) is 26.3 Å². The van der Waals surface area contributed by atoms with Crippen LogP contribution in [0.2, 0.25) is 0 Å². The highest BCUT2D eigenvalue weighted by atomic mass is 19.4. The zero-order valence-corrected chi connectivity index (χ0v) is 16.5. The molecule has 0 aliphatic carbocycles. The molecule has 0 aromatic carbocycles. The Kier molecular flexibility index (Phi) is 11.0. The summed E-state index contributed by atoms with van der Waals surface area (Å²) in [5, 5.41) is 0. The molecule has 0 saturated heterocycles. The van der Waals surface area contributed by atoms with Crippen LogP contribution in [-0.4, -0.2) is 36.5 Å². The van der Waals surface area contributed by atoms with E-state index in [1.165, 1.54) is 6.92 Å². The maximum atomic E-state index is 12.0. The van der Waals surface area contributed by atoms with Gasteiger partial charge in [-0.1, -0.05) is 20.8 Å². The second-order valence-electron chi connectivity index (χ2n) is 6.76. The summed E-state index contributed by atoms with van der Waals surface area (Å²) < 4.78 is 80.3. The number of ether oxygens (including phenoxy) is 2. The number of hydrogen-bond acceptors (Lipinski definition) is 4. The normalized spacial score (nSPS) is 15.7. The third-order valence-corrected chi connectivity index (χ3v) is 3.95. The van der Waals surface area contributed by atoms with Crippen LogP contribution in [0.15, 0.2) is 0 Å². The lowest BCUT2D eigenvalue weighted by Crippen LogP contribution is -2.36. The Morgan fingerprint density at radius 3 is 1.48 bits per heavy atom. The lowest BCUT2D eigenvalue weighted by molar-refractivity contribution is -0.221. The first-order chi connectivity index (χ1) is 11.9. The van der Waals surface area contributed by atoms with Gasteiger partial charge in [-0.2, -0.15) is 26.3 Å². The SMILES string of the molecule is CCC(C)(C)C(=O)OC(C)C(F)(F)F.CCC(C)C(=O)OC(C)C(F)(F)F. The van der Waals surface area contributed by atoms with Crippen molar-refractivity contribution < 1.29 is 45.4 Å². The van der Waals surface area contributed by atoms with Crippen LogP contribution in [0.1, 0.15) is 61.3 Å². The minimum Gasteiger partial charge on any atom is -0.453 e. The van der Waals surface area contributed by atoms with E-state index >= 15 is 0 Å². The molecule has 0 aromatic rings. The summed E-state index contributed by atoms with van der Waals surface area (Å²) in [6.45, 7) is 9.72. The van der Waals surface area contributed by atoms with E-state index in [-0.39, 0.29) is 0 Å². The largest absolute Gasteiger partial charge is 0.453 e. The number of rotatable bonds is 6. The van der Waals surface area contributed by atoms with Gasteiger partial charge in [-0.15, -0.1) is 0 Å². The summed E-state index contributed by atoms with van der Waals surface area (Å²) in [5.74, 6) is -2.10. The van der Waals surface area contributed by atoms with Gasteiger partial charge in [-0.25, -0.2) is 0 Å². The van der Waals surface area contributed by atoms with Gasteiger partial charge in [0.05, 0.1) is 11.3 Å². The third kappa shape index (κ3) is 11.1. The van der Waals surface area contributed by atoms with Crippen LogP contribution in [-0.2, 0) is 19.1 Å². The van der Waals surface area contributed by atoms with Gasteiger partial charge in [0.2, 0.25) is 0 Å². The summed E-state index contributed by atoms with van der Waals surface area (Å²) in [4.78, 5) is 22.1. The minimum atomic E-state index is -4.49. The standard InChI is InChI=1S/C9H15F3O2.C8H13F3O2/c1-5-8(3,4)7(13)14-6(2)9(10,11)12;1-4-5(2)7(12)13-6(3)8(9,10)11/h6H,5H2,1-4H3;5-6H,4H2,1-3H3. The van der Waals surface area contributed by atoms with Crippen molar-refractivity contribution in [2.24, 2.45) is 11.3 Å². The molecule has 4 nitrogen and oxygen atoms in total. The maximum absolute atomic E-state index is 12.0. The summed E-state index contributed by atoms with van der Waals surface area (Å²) in [6, 6.07) is 0. The van der Waals surface area contributed by atoms with Crippen LogP contribution in [0, 0.1) is 11.3 Å². The second-order valence-corrected chi connectivity index (χ2v) is 6.76. The van der Waals surface area contributed by atoms with E-state index in [1.807, 2.05) is 0 Å². The summed E-state index contributed by atoms with van der Waals surface area (Å²) in [7, 11) is 0. The number of halogens is 6. The summed E-state index contributed by atoms with van der Waals surface area (Å²) in [5.41, 5.74) is -0.862. The molecule has 0 aliphatic heterocycles. The molecule has 0 fully saturated rings. The van der Waals surface area contributed by atoms with E-state index in [0.29, 0.717) is 12.8 Å². The number of alkyl halides is 6. The van der Waals surface area contributed by atoms with E-state index in [4.69, 9.17) is 0 Å². The highest BCUT2D eigenvalue weighted by Gasteiger charge is 2.41. The molecule has 0 heterocycles. The molecular weight excluding hydrogens is 382 g/mol. The fraction of sp³-hybridized carbons (Fsp3) is 0.882. The first kappa shape index (κ1) is 27.7. The number of carbonyl (C=O) groups excluding carboxylic acids is 2. The Labute approximate surface area is 155 Å². The van der Waals surface area contributed by atoms with E-state index in [1.54, 1.807) is 27.7 Å². The van der Waals surface area contributed by atoms with Gasteiger partial charge in [0, 0.05) is 0 Å².